The Bertz CT molecular complexity index is 1030. The van der Waals surface area contributed by atoms with Crippen LogP contribution >= 0.6 is 11.8 Å². The topological polar surface area (TPSA) is 73.9 Å². The minimum absolute atomic E-state index is 0.632. The summed E-state index contributed by atoms with van der Waals surface area (Å²) in [7, 11) is 3.21. The molecule has 8 heteroatoms. The second kappa shape index (κ2) is 7.24. The highest BCUT2D eigenvalue weighted by Gasteiger charge is 2.21. The smallest absolute Gasteiger partial charge is 0.212 e. The standard InChI is InChI=1S/C19H17N5O2S/c1-20-14-7-4-12(5-8-14)15-11-27-19-22-21-18(24(19)23-15)13-6-9-16(25-2)17(10-13)26-3/h4-10H,1,11H2,2-3H3. The lowest BCUT2D eigenvalue weighted by molar-refractivity contribution is 0.355. The van der Waals surface area contributed by atoms with Gasteiger partial charge >= 0.3 is 0 Å². The average molecular weight is 379 g/mol. The zero-order valence-corrected chi connectivity index (χ0v) is 15.7. The van der Waals surface area contributed by atoms with Gasteiger partial charge in [-0.2, -0.15) is 9.78 Å². The van der Waals surface area contributed by atoms with Crippen LogP contribution in [0.3, 0.4) is 0 Å². The number of aromatic nitrogens is 3. The molecule has 0 N–H and O–H groups in total. The summed E-state index contributed by atoms with van der Waals surface area (Å²) < 4.78 is 12.5. The largest absolute Gasteiger partial charge is 0.493 e. The summed E-state index contributed by atoms with van der Waals surface area (Å²) in [5.41, 5.74) is 3.67. The summed E-state index contributed by atoms with van der Waals surface area (Å²) in [6, 6.07) is 13.5. The first-order valence-electron chi connectivity index (χ1n) is 8.19. The average Bonchev–Trinajstić information content (AvgIpc) is 3.16. The molecule has 0 saturated heterocycles. The number of hydrogen-bond acceptors (Lipinski definition) is 7. The van der Waals surface area contributed by atoms with Crippen molar-refractivity contribution in [3.05, 3.63) is 48.0 Å². The summed E-state index contributed by atoms with van der Waals surface area (Å²) >= 11 is 1.60. The molecule has 136 valence electrons. The molecule has 0 spiro atoms. The molecule has 0 aliphatic carbocycles. The number of thioether (sulfide) groups is 1. The van der Waals surface area contributed by atoms with Gasteiger partial charge < -0.3 is 9.47 Å². The Hall–Kier alpha value is -3.13. The Kier molecular flexibility index (Phi) is 4.64. The Morgan fingerprint density at radius 1 is 1.00 bits per heavy atom. The molecule has 3 aromatic rings. The SMILES string of the molecule is C=Nc1ccc(C2=Nn3c(nnc3-c3ccc(OC)c(OC)c3)SC2)cc1. The predicted molar refractivity (Wildman–Crippen MR) is 107 cm³/mol. The quantitative estimate of drug-likeness (QED) is 0.633. The predicted octanol–water partition coefficient (Wildman–Crippen LogP) is 3.65. The number of rotatable bonds is 5. The summed E-state index contributed by atoms with van der Waals surface area (Å²) in [4.78, 5) is 3.93. The first-order chi connectivity index (χ1) is 13.2. The third-order valence-corrected chi connectivity index (χ3v) is 5.13. The lowest BCUT2D eigenvalue weighted by Crippen LogP contribution is -2.13. The number of methoxy groups -OCH3 is 2. The van der Waals surface area contributed by atoms with Gasteiger partial charge in [-0.15, -0.1) is 10.2 Å². The van der Waals surface area contributed by atoms with Gasteiger partial charge in [0.1, 0.15) is 0 Å². The molecule has 0 fully saturated rings. The second-order valence-electron chi connectivity index (χ2n) is 5.73. The zero-order chi connectivity index (χ0) is 18.8. The molecule has 0 unspecified atom stereocenters. The van der Waals surface area contributed by atoms with E-state index >= 15 is 0 Å². The van der Waals surface area contributed by atoms with E-state index in [1.165, 1.54) is 0 Å². The molecule has 0 atom stereocenters. The third kappa shape index (κ3) is 3.19. The van der Waals surface area contributed by atoms with Crippen LogP contribution in [0.15, 0.2) is 57.7 Å². The van der Waals surface area contributed by atoms with E-state index in [2.05, 4.69) is 21.9 Å². The summed E-state index contributed by atoms with van der Waals surface area (Å²) in [6.07, 6.45) is 0. The van der Waals surface area contributed by atoms with Crippen molar-refractivity contribution >= 4 is 29.9 Å². The molecule has 1 aromatic heterocycles. The van der Waals surface area contributed by atoms with E-state index in [0.717, 1.165) is 33.4 Å². The van der Waals surface area contributed by atoms with Crippen molar-refractivity contribution < 1.29 is 9.47 Å². The number of benzene rings is 2. The van der Waals surface area contributed by atoms with Gasteiger partial charge in [-0.1, -0.05) is 23.9 Å². The van der Waals surface area contributed by atoms with Crippen LogP contribution in [0.5, 0.6) is 11.5 Å². The molecular weight excluding hydrogens is 362 g/mol. The van der Waals surface area contributed by atoms with E-state index in [4.69, 9.17) is 14.6 Å². The number of hydrogen-bond donors (Lipinski definition) is 0. The van der Waals surface area contributed by atoms with Gasteiger partial charge in [0.25, 0.3) is 0 Å². The maximum Gasteiger partial charge on any atom is 0.212 e. The second-order valence-corrected chi connectivity index (χ2v) is 6.67. The summed E-state index contributed by atoms with van der Waals surface area (Å²) in [5, 5.41) is 14.1. The Morgan fingerprint density at radius 2 is 1.74 bits per heavy atom. The van der Waals surface area contributed by atoms with Gasteiger partial charge in [0, 0.05) is 11.3 Å². The number of aliphatic imine (C=N–C) groups is 1. The number of nitrogens with zero attached hydrogens (tertiary/aromatic N) is 5. The molecular formula is C19H17N5O2S. The van der Waals surface area contributed by atoms with Crippen LogP contribution in [0.25, 0.3) is 11.4 Å². The highest BCUT2D eigenvalue weighted by atomic mass is 32.2. The highest BCUT2D eigenvalue weighted by Crippen LogP contribution is 2.34. The number of ether oxygens (including phenoxy) is 2. The van der Waals surface area contributed by atoms with Gasteiger partial charge in [-0.25, -0.2) is 0 Å². The minimum atomic E-state index is 0.632. The molecule has 0 saturated carbocycles. The summed E-state index contributed by atoms with van der Waals surface area (Å²) in [6.45, 7) is 3.54. The molecule has 2 aromatic carbocycles. The van der Waals surface area contributed by atoms with Crippen molar-refractivity contribution in [2.75, 3.05) is 20.0 Å². The molecule has 2 heterocycles. The molecule has 0 radical (unpaired) electrons. The lowest BCUT2D eigenvalue weighted by atomic mass is 10.1. The Labute approximate surface area is 160 Å². The molecule has 7 nitrogen and oxygen atoms in total. The molecule has 1 aliphatic heterocycles. The van der Waals surface area contributed by atoms with Crippen molar-refractivity contribution in [3.63, 3.8) is 0 Å². The molecule has 0 bridgehead atoms. The van der Waals surface area contributed by atoms with Gasteiger partial charge in [-0.05, 0) is 42.6 Å². The van der Waals surface area contributed by atoms with E-state index < -0.39 is 0 Å². The monoisotopic (exact) mass is 379 g/mol. The highest BCUT2D eigenvalue weighted by molar-refractivity contribution is 7.99. The van der Waals surface area contributed by atoms with E-state index in [1.807, 2.05) is 42.5 Å². The maximum absolute atomic E-state index is 5.39. The Morgan fingerprint density at radius 3 is 2.44 bits per heavy atom. The van der Waals surface area contributed by atoms with Gasteiger partial charge in [0.15, 0.2) is 17.3 Å². The van der Waals surface area contributed by atoms with Gasteiger partial charge in [0.2, 0.25) is 5.16 Å². The molecule has 0 amide bonds. The number of fused-ring (bicyclic) bond motifs is 1. The fraction of sp³-hybridized carbons (Fsp3) is 0.158. The summed E-state index contributed by atoms with van der Waals surface area (Å²) in [5.74, 6) is 2.67. The fourth-order valence-electron chi connectivity index (χ4n) is 2.78. The van der Waals surface area contributed by atoms with Crippen LogP contribution in [0.2, 0.25) is 0 Å². The van der Waals surface area contributed by atoms with Crippen molar-refractivity contribution in [2.45, 2.75) is 5.16 Å². The van der Waals surface area contributed by atoms with E-state index in [-0.39, 0.29) is 0 Å². The van der Waals surface area contributed by atoms with Crippen LogP contribution in [0, 0.1) is 0 Å². The van der Waals surface area contributed by atoms with Gasteiger partial charge in [-0.3, -0.25) is 4.99 Å². The van der Waals surface area contributed by atoms with Crippen molar-refractivity contribution in [3.8, 4) is 22.9 Å². The fourth-order valence-corrected chi connectivity index (χ4v) is 3.62. The van der Waals surface area contributed by atoms with Crippen LogP contribution in [0.1, 0.15) is 5.56 Å². The minimum Gasteiger partial charge on any atom is -0.493 e. The normalized spacial score (nSPS) is 12.9. The molecule has 1 aliphatic rings. The van der Waals surface area contributed by atoms with Gasteiger partial charge in [0.05, 0.1) is 25.6 Å². The maximum atomic E-state index is 5.39. The van der Waals surface area contributed by atoms with Crippen LogP contribution in [-0.2, 0) is 0 Å². The van der Waals surface area contributed by atoms with Crippen molar-refractivity contribution in [1.29, 1.82) is 0 Å². The van der Waals surface area contributed by atoms with E-state index in [0.29, 0.717) is 17.3 Å². The third-order valence-electron chi connectivity index (χ3n) is 4.20. The Balaban J connectivity index is 1.75. The molecule has 27 heavy (non-hydrogen) atoms. The first-order valence-corrected chi connectivity index (χ1v) is 9.17. The van der Waals surface area contributed by atoms with Crippen LogP contribution < -0.4 is 9.47 Å². The lowest BCUT2D eigenvalue weighted by Gasteiger charge is -2.14. The first kappa shape index (κ1) is 17.3. The van der Waals surface area contributed by atoms with E-state index in [9.17, 15) is 0 Å². The van der Waals surface area contributed by atoms with Crippen LogP contribution in [-0.4, -0.2) is 47.3 Å². The zero-order valence-electron chi connectivity index (χ0n) is 14.9. The van der Waals surface area contributed by atoms with Crippen molar-refractivity contribution in [1.82, 2.24) is 14.9 Å². The van der Waals surface area contributed by atoms with Crippen molar-refractivity contribution in [2.24, 2.45) is 10.1 Å². The van der Waals surface area contributed by atoms with E-state index in [1.54, 1.807) is 30.7 Å². The molecule has 4 rings (SSSR count). The van der Waals surface area contributed by atoms with Crippen LogP contribution in [0.4, 0.5) is 5.69 Å².